The van der Waals surface area contributed by atoms with Crippen molar-refractivity contribution in [2.45, 2.75) is 13.5 Å². The van der Waals surface area contributed by atoms with Crippen LogP contribution >= 0.6 is 11.6 Å². The number of benzene rings is 2. The van der Waals surface area contributed by atoms with Crippen molar-refractivity contribution in [1.82, 2.24) is 4.98 Å². The Hall–Kier alpha value is -2.85. The zero-order valence-electron chi connectivity index (χ0n) is 14.7. The zero-order chi connectivity index (χ0) is 18.5. The van der Waals surface area contributed by atoms with Crippen molar-refractivity contribution in [3.63, 3.8) is 0 Å². The first-order valence-electron chi connectivity index (χ1n) is 8.31. The molecule has 0 fully saturated rings. The van der Waals surface area contributed by atoms with Crippen LogP contribution in [0.15, 0.2) is 66.9 Å². The van der Waals surface area contributed by atoms with E-state index < -0.39 is 0 Å². The number of carbonyl (C=O) groups excluding carboxylic acids is 1. The molecule has 1 N–H and O–H groups in total. The minimum atomic E-state index is -0.174. The van der Waals surface area contributed by atoms with Crippen LogP contribution < -0.4 is 10.2 Å². The van der Waals surface area contributed by atoms with Gasteiger partial charge >= 0.3 is 0 Å². The van der Waals surface area contributed by atoms with Crippen molar-refractivity contribution in [3.8, 4) is 0 Å². The molecule has 26 heavy (non-hydrogen) atoms. The molecule has 3 aromatic rings. The molecule has 1 amide bonds. The van der Waals surface area contributed by atoms with Gasteiger partial charge in [-0.1, -0.05) is 41.9 Å². The van der Waals surface area contributed by atoms with E-state index in [2.05, 4.69) is 22.4 Å². The van der Waals surface area contributed by atoms with Crippen molar-refractivity contribution in [1.29, 1.82) is 0 Å². The lowest BCUT2D eigenvalue weighted by molar-refractivity contribution is 0.102. The summed E-state index contributed by atoms with van der Waals surface area (Å²) in [5, 5.41) is 3.57. The third-order valence-electron chi connectivity index (χ3n) is 4.10. The fourth-order valence-electron chi connectivity index (χ4n) is 2.67. The Balaban J connectivity index is 1.74. The minimum absolute atomic E-state index is 0.174. The molecule has 0 aliphatic rings. The van der Waals surface area contributed by atoms with Gasteiger partial charge < -0.3 is 10.2 Å². The molecular weight excluding hydrogens is 346 g/mol. The van der Waals surface area contributed by atoms with E-state index in [1.54, 1.807) is 30.5 Å². The highest BCUT2D eigenvalue weighted by Gasteiger charge is 2.11. The quantitative estimate of drug-likeness (QED) is 0.697. The highest BCUT2D eigenvalue weighted by Crippen LogP contribution is 2.21. The lowest BCUT2D eigenvalue weighted by Crippen LogP contribution is -2.19. The molecule has 0 saturated carbocycles. The van der Waals surface area contributed by atoms with Gasteiger partial charge in [0.15, 0.2) is 0 Å². The van der Waals surface area contributed by atoms with E-state index in [4.69, 9.17) is 11.6 Å². The van der Waals surface area contributed by atoms with E-state index in [-0.39, 0.29) is 5.91 Å². The maximum absolute atomic E-state index is 12.6. The second-order valence-corrected chi connectivity index (χ2v) is 6.59. The molecule has 5 heteroatoms. The second kappa shape index (κ2) is 8.02. The lowest BCUT2D eigenvalue weighted by atomic mass is 10.1. The van der Waals surface area contributed by atoms with Gasteiger partial charge in [-0.2, -0.15) is 0 Å². The van der Waals surface area contributed by atoms with E-state index in [0.29, 0.717) is 10.6 Å². The third kappa shape index (κ3) is 4.41. The van der Waals surface area contributed by atoms with Crippen LogP contribution in [0.25, 0.3) is 0 Å². The molecule has 4 nitrogen and oxygen atoms in total. The van der Waals surface area contributed by atoms with Crippen LogP contribution in [0.4, 0.5) is 11.5 Å². The van der Waals surface area contributed by atoms with Gasteiger partial charge in [-0.3, -0.25) is 4.79 Å². The van der Waals surface area contributed by atoms with E-state index in [9.17, 15) is 4.79 Å². The summed E-state index contributed by atoms with van der Waals surface area (Å²) >= 11 is 5.97. The largest absolute Gasteiger partial charge is 0.355 e. The third-order valence-corrected chi connectivity index (χ3v) is 4.33. The number of halogens is 1. The van der Waals surface area contributed by atoms with Crippen LogP contribution in [0, 0.1) is 6.92 Å². The molecule has 3 rings (SSSR count). The van der Waals surface area contributed by atoms with Crippen LogP contribution in [0.2, 0.25) is 5.02 Å². The van der Waals surface area contributed by atoms with Gasteiger partial charge in [0.1, 0.15) is 5.82 Å². The number of hydrogen-bond donors (Lipinski definition) is 1. The fourth-order valence-corrected chi connectivity index (χ4v) is 2.90. The number of amides is 1. The second-order valence-electron chi connectivity index (χ2n) is 6.16. The molecular formula is C21H20ClN3O. The van der Waals surface area contributed by atoms with Crippen LogP contribution in [-0.2, 0) is 6.54 Å². The number of hydrogen-bond acceptors (Lipinski definition) is 3. The first-order chi connectivity index (χ1) is 12.5. The van der Waals surface area contributed by atoms with Crippen molar-refractivity contribution in [3.05, 3.63) is 88.6 Å². The molecule has 2 aromatic carbocycles. The van der Waals surface area contributed by atoms with Crippen LogP contribution in [0.5, 0.6) is 0 Å². The van der Waals surface area contributed by atoms with Crippen molar-refractivity contribution in [2.24, 2.45) is 0 Å². The Morgan fingerprint density at radius 3 is 2.62 bits per heavy atom. The fraction of sp³-hybridized carbons (Fsp3) is 0.143. The number of pyridine rings is 1. The molecule has 0 spiro atoms. The van der Waals surface area contributed by atoms with Crippen LogP contribution in [0.1, 0.15) is 21.5 Å². The number of nitrogens with zero attached hydrogens (tertiary/aromatic N) is 2. The Kier molecular flexibility index (Phi) is 5.54. The zero-order valence-corrected chi connectivity index (χ0v) is 15.5. The molecule has 0 aliphatic carbocycles. The molecule has 1 heterocycles. The van der Waals surface area contributed by atoms with Gasteiger partial charge in [-0.25, -0.2) is 4.98 Å². The molecule has 132 valence electrons. The normalized spacial score (nSPS) is 10.4. The number of nitrogens with one attached hydrogen (secondary N) is 1. The molecule has 0 aliphatic heterocycles. The maximum atomic E-state index is 12.6. The van der Waals surface area contributed by atoms with E-state index in [0.717, 1.165) is 23.6 Å². The number of aryl methyl sites for hydroxylation is 1. The van der Waals surface area contributed by atoms with E-state index in [1.165, 1.54) is 5.56 Å². The van der Waals surface area contributed by atoms with Gasteiger partial charge in [-0.05, 0) is 48.4 Å². The number of carbonyl (C=O) groups is 1. The van der Waals surface area contributed by atoms with Crippen LogP contribution in [0.3, 0.4) is 0 Å². The summed E-state index contributed by atoms with van der Waals surface area (Å²) in [6, 6.07) is 19.0. The molecule has 0 bridgehead atoms. The minimum Gasteiger partial charge on any atom is -0.355 e. The summed E-state index contributed by atoms with van der Waals surface area (Å²) in [7, 11) is 1.96. The summed E-state index contributed by atoms with van der Waals surface area (Å²) < 4.78 is 0. The Bertz CT molecular complexity index is 912. The van der Waals surface area contributed by atoms with Crippen molar-refractivity contribution in [2.75, 3.05) is 17.3 Å². The first-order valence-corrected chi connectivity index (χ1v) is 8.69. The lowest BCUT2D eigenvalue weighted by Gasteiger charge is -2.19. The summed E-state index contributed by atoms with van der Waals surface area (Å²) in [5.74, 6) is 0.571. The summed E-state index contributed by atoms with van der Waals surface area (Å²) in [6.07, 6.45) is 1.65. The first kappa shape index (κ1) is 18.0. The highest BCUT2D eigenvalue weighted by atomic mass is 35.5. The van der Waals surface area contributed by atoms with Gasteiger partial charge in [0.05, 0.1) is 0 Å². The molecule has 0 unspecified atom stereocenters. The Morgan fingerprint density at radius 1 is 1.12 bits per heavy atom. The Labute approximate surface area is 158 Å². The topological polar surface area (TPSA) is 45.2 Å². The SMILES string of the molecule is Cc1cc(Cl)ccc1NC(=O)c1ccnc(N(C)Cc2ccccc2)c1. The van der Waals surface area contributed by atoms with Gasteiger partial charge in [-0.15, -0.1) is 0 Å². The Morgan fingerprint density at radius 2 is 1.88 bits per heavy atom. The average Bonchev–Trinajstić information content (AvgIpc) is 2.65. The molecule has 0 radical (unpaired) electrons. The smallest absolute Gasteiger partial charge is 0.255 e. The van der Waals surface area contributed by atoms with Crippen LogP contribution in [-0.4, -0.2) is 17.9 Å². The van der Waals surface area contributed by atoms with Gasteiger partial charge in [0, 0.05) is 36.1 Å². The molecule has 0 atom stereocenters. The number of aromatic nitrogens is 1. The number of rotatable bonds is 5. The summed E-state index contributed by atoms with van der Waals surface area (Å²) in [4.78, 5) is 19.0. The average molecular weight is 366 g/mol. The van der Waals surface area contributed by atoms with E-state index in [1.807, 2.05) is 43.1 Å². The van der Waals surface area contributed by atoms with Crippen molar-refractivity contribution < 1.29 is 4.79 Å². The monoisotopic (exact) mass is 365 g/mol. The molecule has 0 saturated heterocycles. The predicted octanol–water partition coefficient (Wildman–Crippen LogP) is 4.93. The maximum Gasteiger partial charge on any atom is 0.255 e. The summed E-state index contributed by atoms with van der Waals surface area (Å²) in [6.45, 7) is 2.63. The highest BCUT2D eigenvalue weighted by molar-refractivity contribution is 6.30. The molecule has 1 aromatic heterocycles. The summed E-state index contributed by atoms with van der Waals surface area (Å²) in [5.41, 5.74) is 3.41. The predicted molar refractivity (Wildman–Crippen MR) is 107 cm³/mol. The van der Waals surface area contributed by atoms with Crippen molar-refractivity contribution >= 4 is 29.0 Å². The standard InChI is InChI=1S/C21H20ClN3O/c1-15-12-18(22)8-9-19(15)24-21(26)17-10-11-23-20(13-17)25(2)14-16-6-4-3-5-7-16/h3-13H,14H2,1-2H3,(H,24,26). The van der Waals surface area contributed by atoms with E-state index >= 15 is 0 Å². The van der Waals surface area contributed by atoms with Gasteiger partial charge in [0.2, 0.25) is 0 Å². The number of anilines is 2. The van der Waals surface area contributed by atoms with Gasteiger partial charge in [0.25, 0.3) is 5.91 Å².